The topological polar surface area (TPSA) is 42.4 Å². The van der Waals surface area contributed by atoms with Crippen LogP contribution < -0.4 is 4.74 Å². The lowest BCUT2D eigenvalue weighted by Crippen LogP contribution is -2.33. The van der Waals surface area contributed by atoms with Crippen molar-refractivity contribution in [3.05, 3.63) is 44.8 Å². The van der Waals surface area contributed by atoms with Gasteiger partial charge >= 0.3 is 0 Å². The molecule has 0 unspecified atom stereocenters. The van der Waals surface area contributed by atoms with E-state index >= 15 is 0 Å². The molecule has 1 aromatic heterocycles. The lowest BCUT2D eigenvalue weighted by molar-refractivity contribution is -0.133. The van der Waals surface area contributed by atoms with Crippen LogP contribution in [0.2, 0.25) is 10.0 Å². The molecule has 1 heterocycles. The molecule has 0 aliphatic heterocycles. The first-order valence-electron chi connectivity index (χ1n) is 6.21. The highest BCUT2D eigenvalue weighted by Crippen LogP contribution is 2.28. The molecule has 1 aromatic carbocycles. The number of carbonyl (C=O) groups is 1. The van der Waals surface area contributed by atoms with E-state index in [-0.39, 0.29) is 18.6 Å². The van der Waals surface area contributed by atoms with Gasteiger partial charge in [0.15, 0.2) is 6.61 Å². The summed E-state index contributed by atoms with van der Waals surface area (Å²) in [6.45, 7) is 1.86. The van der Waals surface area contributed by atoms with E-state index in [4.69, 9.17) is 27.9 Å². The molecule has 1 amide bonds. The van der Waals surface area contributed by atoms with Gasteiger partial charge < -0.3 is 9.64 Å². The van der Waals surface area contributed by atoms with Crippen molar-refractivity contribution in [2.45, 2.75) is 13.0 Å². The Bertz CT molecular complexity index is 619. The van der Waals surface area contributed by atoms with Crippen molar-refractivity contribution in [2.24, 2.45) is 0 Å². The zero-order chi connectivity index (χ0) is 15.4. The van der Waals surface area contributed by atoms with Crippen LogP contribution in [0.1, 0.15) is 17.8 Å². The molecule has 2 aromatic rings. The van der Waals surface area contributed by atoms with Crippen LogP contribution in [-0.4, -0.2) is 29.4 Å². The van der Waals surface area contributed by atoms with Crippen LogP contribution in [0, 0.1) is 0 Å². The van der Waals surface area contributed by atoms with Crippen molar-refractivity contribution in [1.29, 1.82) is 0 Å². The van der Waals surface area contributed by atoms with Crippen LogP contribution in [-0.2, 0) is 4.79 Å². The minimum atomic E-state index is -0.137. The lowest BCUT2D eigenvalue weighted by atomic mass is 10.2. The molecule has 2 rings (SSSR count). The Hall–Kier alpha value is -1.30. The van der Waals surface area contributed by atoms with Gasteiger partial charge in [0.25, 0.3) is 5.91 Å². The molecular formula is C14H14Cl2N2O2S. The fourth-order valence-corrected chi connectivity index (χ4v) is 2.86. The number of nitrogens with zero attached hydrogens (tertiary/aromatic N) is 2. The molecule has 0 fully saturated rings. The third-order valence-corrected chi connectivity index (χ3v) is 4.56. The first-order valence-corrected chi connectivity index (χ1v) is 7.84. The molecule has 112 valence electrons. The Morgan fingerprint density at radius 3 is 2.86 bits per heavy atom. The molecular weight excluding hydrogens is 331 g/mol. The first-order chi connectivity index (χ1) is 9.99. The van der Waals surface area contributed by atoms with Gasteiger partial charge in [-0.2, -0.15) is 0 Å². The van der Waals surface area contributed by atoms with Gasteiger partial charge in [0, 0.05) is 23.1 Å². The maximum Gasteiger partial charge on any atom is 0.260 e. The van der Waals surface area contributed by atoms with Crippen LogP contribution in [0.4, 0.5) is 0 Å². The zero-order valence-corrected chi connectivity index (χ0v) is 13.9. The predicted octanol–water partition coefficient (Wildman–Crippen LogP) is 4.05. The van der Waals surface area contributed by atoms with Crippen molar-refractivity contribution < 1.29 is 9.53 Å². The quantitative estimate of drug-likeness (QED) is 0.821. The molecule has 0 spiro atoms. The summed E-state index contributed by atoms with van der Waals surface area (Å²) in [5.41, 5.74) is 1.74. The normalized spacial score (nSPS) is 12.0. The van der Waals surface area contributed by atoms with E-state index in [9.17, 15) is 4.79 Å². The van der Waals surface area contributed by atoms with Crippen molar-refractivity contribution >= 4 is 40.4 Å². The van der Waals surface area contributed by atoms with Gasteiger partial charge in [-0.05, 0) is 25.1 Å². The summed E-state index contributed by atoms with van der Waals surface area (Å²) < 4.78 is 5.45. The largest absolute Gasteiger partial charge is 0.482 e. The van der Waals surface area contributed by atoms with Crippen LogP contribution in [0.25, 0.3) is 0 Å². The second kappa shape index (κ2) is 7.11. The summed E-state index contributed by atoms with van der Waals surface area (Å²) in [6.07, 6.45) is 1.76. The van der Waals surface area contributed by atoms with Gasteiger partial charge in [0.05, 0.1) is 16.6 Å². The second-order valence-corrected chi connectivity index (χ2v) is 6.21. The molecule has 1 atom stereocenters. The first kappa shape index (κ1) is 16.1. The predicted molar refractivity (Wildman–Crippen MR) is 85.3 cm³/mol. The Kier molecular flexibility index (Phi) is 5.45. The number of amides is 1. The number of thiazole rings is 1. The molecule has 0 radical (unpaired) electrons. The Balaban J connectivity index is 1.95. The van der Waals surface area contributed by atoms with Crippen molar-refractivity contribution in [2.75, 3.05) is 13.7 Å². The van der Waals surface area contributed by atoms with E-state index in [0.717, 1.165) is 4.88 Å². The van der Waals surface area contributed by atoms with Crippen LogP contribution >= 0.6 is 34.5 Å². The van der Waals surface area contributed by atoms with E-state index in [0.29, 0.717) is 15.8 Å². The van der Waals surface area contributed by atoms with Crippen molar-refractivity contribution in [3.63, 3.8) is 0 Å². The number of benzene rings is 1. The average molecular weight is 345 g/mol. The molecule has 0 aliphatic carbocycles. The number of hydrogen-bond donors (Lipinski definition) is 0. The highest BCUT2D eigenvalue weighted by atomic mass is 35.5. The number of carbonyl (C=O) groups excluding carboxylic acids is 1. The number of aromatic nitrogens is 1. The molecule has 4 nitrogen and oxygen atoms in total. The number of hydrogen-bond acceptors (Lipinski definition) is 4. The van der Waals surface area contributed by atoms with Crippen LogP contribution in [0.5, 0.6) is 5.75 Å². The Morgan fingerprint density at radius 1 is 1.48 bits per heavy atom. The maximum atomic E-state index is 12.1. The average Bonchev–Trinajstić information content (AvgIpc) is 2.98. The highest BCUT2D eigenvalue weighted by molar-refractivity contribution is 7.09. The van der Waals surface area contributed by atoms with Gasteiger partial charge in [0.1, 0.15) is 5.75 Å². The number of rotatable bonds is 5. The standard InChI is InChI=1S/C14H14Cl2N2O2S/c1-9(13-6-17-8-21-13)18(2)14(19)7-20-12-4-3-10(15)5-11(12)16/h3-6,8-9H,7H2,1-2H3/t9-/m1/s1. The summed E-state index contributed by atoms with van der Waals surface area (Å²) >= 11 is 13.3. The minimum absolute atomic E-state index is 0.0470. The van der Waals surface area contributed by atoms with E-state index in [1.54, 1.807) is 41.9 Å². The molecule has 0 bridgehead atoms. The molecule has 21 heavy (non-hydrogen) atoms. The molecule has 0 aliphatic rings. The third kappa shape index (κ3) is 4.09. The summed E-state index contributed by atoms with van der Waals surface area (Å²) in [6, 6.07) is 4.84. The Labute approximate surface area is 137 Å². The highest BCUT2D eigenvalue weighted by Gasteiger charge is 2.19. The molecule has 0 N–H and O–H groups in total. The summed E-state index contributed by atoms with van der Waals surface area (Å²) in [5, 5.41) is 0.906. The second-order valence-electron chi connectivity index (χ2n) is 4.45. The van der Waals surface area contributed by atoms with E-state index in [1.165, 1.54) is 11.3 Å². The summed E-state index contributed by atoms with van der Waals surface area (Å²) in [4.78, 5) is 18.8. The monoisotopic (exact) mass is 344 g/mol. The SMILES string of the molecule is C[C@H](c1cncs1)N(C)C(=O)COc1ccc(Cl)cc1Cl. The van der Waals surface area contributed by atoms with Gasteiger partial charge in [-0.1, -0.05) is 23.2 Å². The van der Waals surface area contributed by atoms with Gasteiger partial charge in [-0.3, -0.25) is 9.78 Å². The minimum Gasteiger partial charge on any atom is -0.482 e. The molecule has 0 saturated carbocycles. The Morgan fingerprint density at radius 2 is 2.24 bits per heavy atom. The molecule has 0 saturated heterocycles. The number of halogens is 2. The fourth-order valence-electron chi connectivity index (χ4n) is 1.67. The van der Waals surface area contributed by atoms with Crippen molar-refractivity contribution in [1.82, 2.24) is 9.88 Å². The van der Waals surface area contributed by atoms with E-state index in [1.807, 2.05) is 6.92 Å². The fraction of sp³-hybridized carbons (Fsp3) is 0.286. The van der Waals surface area contributed by atoms with E-state index < -0.39 is 0 Å². The van der Waals surface area contributed by atoms with E-state index in [2.05, 4.69) is 4.98 Å². The maximum absolute atomic E-state index is 12.1. The van der Waals surface area contributed by atoms with Crippen molar-refractivity contribution in [3.8, 4) is 5.75 Å². The van der Waals surface area contributed by atoms with Gasteiger partial charge in [0.2, 0.25) is 0 Å². The number of likely N-dealkylation sites (N-methyl/N-ethyl adjacent to an activating group) is 1. The lowest BCUT2D eigenvalue weighted by Gasteiger charge is -2.23. The molecule has 7 heteroatoms. The van der Waals surface area contributed by atoms with Crippen LogP contribution in [0.3, 0.4) is 0 Å². The van der Waals surface area contributed by atoms with Gasteiger partial charge in [-0.15, -0.1) is 11.3 Å². The van der Waals surface area contributed by atoms with Gasteiger partial charge in [-0.25, -0.2) is 0 Å². The smallest absolute Gasteiger partial charge is 0.260 e. The third-order valence-electron chi connectivity index (χ3n) is 3.08. The zero-order valence-electron chi connectivity index (χ0n) is 11.5. The number of ether oxygens (including phenoxy) is 1. The summed E-state index contributed by atoms with van der Waals surface area (Å²) in [7, 11) is 1.74. The van der Waals surface area contributed by atoms with Crippen LogP contribution in [0.15, 0.2) is 29.9 Å². The summed E-state index contributed by atoms with van der Waals surface area (Å²) in [5.74, 6) is 0.301.